The van der Waals surface area contributed by atoms with E-state index in [0.29, 0.717) is 0 Å². The van der Waals surface area contributed by atoms with Crippen molar-refractivity contribution in [1.82, 2.24) is 15.5 Å². The van der Waals surface area contributed by atoms with Crippen molar-refractivity contribution >= 4 is 6.03 Å². The van der Waals surface area contributed by atoms with Gasteiger partial charge in [0.2, 0.25) is 0 Å². The molecule has 1 unspecified atom stereocenters. The van der Waals surface area contributed by atoms with Crippen LogP contribution in [0.1, 0.15) is 64.2 Å². The highest BCUT2D eigenvalue weighted by Gasteiger charge is 2.38. The van der Waals surface area contributed by atoms with E-state index < -0.39 is 0 Å². The van der Waals surface area contributed by atoms with Gasteiger partial charge in [-0.3, -0.25) is 0 Å². The van der Waals surface area contributed by atoms with Crippen molar-refractivity contribution in [2.75, 3.05) is 33.3 Å². The van der Waals surface area contributed by atoms with Gasteiger partial charge in [0.25, 0.3) is 0 Å². The van der Waals surface area contributed by atoms with E-state index in [1.807, 2.05) is 0 Å². The molecule has 2 saturated heterocycles. The number of carbonyl (C=O) groups excluding carboxylic acids is 1. The summed E-state index contributed by atoms with van der Waals surface area (Å²) in [5.74, 6) is 0.773. The number of urea groups is 1. The Morgan fingerprint density at radius 1 is 1.17 bits per heavy atom. The topological polar surface area (TPSA) is 53.6 Å². The summed E-state index contributed by atoms with van der Waals surface area (Å²) in [7, 11) is 2.19. The minimum atomic E-state index is 0.0146. The summed E-state index contributed by atoms with van der Waals surface area (Å²) in [4.78, 5) is 14.6. The lowest BCUT2D eigenvalue weighted by atomic mass is 9.78. The van der Waals surface area contributed by atoms with Crippen molar-refractivity contribution in [3.8, 4) is 0 Å². The molecule has 0 aromatic rings. The summed E-state index contributed by atoms with van der Waals surface area (Å²) in [5, 5.41) is 6.27. The third-order valence-electron chi connectivity index (χ3n) is 6.27. The summed E-state index contributed by atoms with van der Waals surface area (Å²) in [6, 6.07) is 0.293. The highest BCUT2D eigenvalue weighted by Crippen LogP contribution is 2.38. The van der Waals surface area contributed by atoms with E-state index in [4.69, 9.17) is 4.74 Å². The van der Waals surface area contributed by atoms with Crippen molar-refractivity contribution in [1.29, 1.82) is 0 Å². The predicted octanol–water partition coefficient (Wildman–Crippen LogP) is 2.90. The van der Waals surface area contributed by atoms with Crippen LogP contribution in [0.25, 0.3) is 0 Å². The molecule has 1 aliphatic carbocycles. The van der Waals surface area contributed by atoms with Crippen LogP contribution in [0.5, 0.6) is 0 Å². The average molecular weight is 338 g/mol. The van der Waals surface area contributed by atoms with Crippen LogP contribution in [-0.2, 0) is 4.74 Å². The summed E-state index contributed by atoms with van der Waals surface area (Å²) in [6.07, 6.45) is 11.8. The van der Waals surface area contributed by atoms with Crippen molar-refractivity contribution in [2.24, 2.45) is 5.92 Å². The van der Waals surface area contributed by atoms with E-state index in [-0.39, 0.29) is 17.7 Å². The van der Waals surface area contributed by atoms with Crippen LogP contribution in [0.3, 0.4) is 0 Å². The summed E-state index contributed by atoms with van der Waals surface area (Å²) < 4.78 is 6.11. The molecule has 0 aromatic heterocycles. The molecule has 3 aliphatic rings. The summed E-state index contributed by atoms with van der Waals surface area (Å²) >= 11 is 0. The van der Waals surface area contributed by atoms with Gasteiger partial charge in [-0.1, -0.05) is 19.3 Å². The Morgan fingerprint density at radius 2 is 1.92 bits per heavy atom. The van der Waals surface area contributed by atoms with Crippen molar-refractivity contribution in [3.63, 3.8) is 0 Å². The first-order valence-electron chi connectivity index (χ1n) is 10.0. The number of ether oxygens (including phenoxy) is 1. The van der Waals surface area contributed by atoms with Crippen LogP contribution in [0.2, 0.25) is 0 Å². The largest absolute Gasteiger partial charge is 0.375 e. The maximum Gasteiger partial charge on any atom is 0.315 e. The molecule has 1 saturated carbocycles. The van der Waals surface area contributed by atoms with E-state index in [0.717, 1.165) is 38.3 Å². The third-order valence-corrected chi connectivity index (χ3v) is 6.27. The van der Waals surface area contributed by atoms with Crippen molar-refractivity contribution < 1.29 is 9.53 Å². The molecule has 2 aliphatic heterocycles. The van der Waals surface area contributed by atoms with Gasteiger partial charge in [-0.2, -0.15) is 0 Å². The number of nitrogens with zero attached hydrogens (tertiary/aromatic N) is 1. The number of nitrogens with one attached hydrogen (secondary N) is 2. The van der Waals surface area contributed by atoms with Gasteiger partial charge < -0.3 is 20.3 Å². The molecule has 2 amide bonds. The van der Waals surface area contributed by atoms with E-state index in [1.165, 1.54) is 58.0 Å². The maximum absolute atomic E-state index is 12.2. The number of likely N-dealkylation sites (tertiary alicyclic amines) is 1. The van der Waals surface area contributed by atoms with Crippen LogP contribution in [0.15, 0.2) is 0 Å². The van der Waals surface area contributed by atoms with Crippen LogP contribution >= 0.6 is 0 Å². The molecular weight excluding hydrogens is 302 g/mol. The van der Waals surface area contributed by atoms with Gasteiger partial charge in [0.15, 0.2) is 0 Å². The van der Waals surface area contributed by atoms with E-state index in [2.05, 4.69) is 22.6 Å². The normalized spacial score (nSPS) is 28.6. The van der Waals surface area contributed by atoms with Crippen LogP contribution < -0.4 is 10.6 Å². The first-order valence-corrected chi connectivity index (χ1v) is 10.0. The van der Waals surface area contributed by atoms with E-state index in [9.17, 15) is 4.79 Å². The van der Waals surface area contributed by atoms with Gasteiger partial charge in [-0.05, 0) is 71.0 Å². The zero-order chi connectivity index (χ0) is 16.8. The second kappa shape index (κ2) is 8.52. The average Bonchev–Trinajstić information content (AvgIpc) is 2.57. The molecule has 2 heterocycles. The monoisotopic (exact) mass is 337 g/mol. The molecule has 1 spiro atoms. The Balaban J connectivity index is 1.34. The first kappa shape index (κ1) is 18.0. The maximum atomic E-state index is 12.2. The molecular formula is C19H35N3O2. The first-order chi connectivity index (χ1) is 11.7. The highest BCUT2D eigenvalue weighted by atomic mass is 16.5. The fraction of sp³-hybridized carbons (Fsp3) is 0.947. The molecule has 0 aromatic carbocycles. The molecule has 3 fully saturated rings. The second-order valence-corrected chi connectivity index (χ2v) is 8.22. The summed E-state index contributed by atoms with van der Waals surface area (Å²) in [6.45, 7) is 3.98. The van der Waals surface area contributed by atoms with Gasteiger partial charge in [-0.15, -0.1) is 0 Å². The Morgan fingerprint density at radius 3 is 2.67 bits per heavy atom. The molecule has 0 radical (unpaired) electrons. The fourth-order valence-corrected chi connectivity index (χ4v) is 4.67. The van der Waals surface area contributed by atoms with Gasteiger partial charge in [0, 0.05) is 19.2 Å². The SMILES string of the molecule is CN1CCC(CCNC(=O)NC2CCOC3(CCCCC3)C2)CC1. The standard InChI is InChI=1S/C19H35N3O2/c1-22-12-6-16(7-13-22)5-11-20-18(23)21-17-8-14-24-19(15-17)9-3-2-4-10-19/h16-17H,2-15H2,1H3,(H2,20,21,23). The molecule has 0 bridgehead atoms. The lowest BCUT2D eigenvalue weighted by Crippen LogP contribution is -2.51. The highest BCUT2D eigenvalue weighted by molar-refractivity contribution is 5.74. The Hall–Kier alpha value is -0.810. The van der Waals surface area contributed by atoms with Crippen LogP contribution in [-0.4, -0.2) is 55.9 Å². The Kier molecular flexibility index (Phi) is 6.39. The number of piperidine rings is 1. The summed E-state index contributed by atoms with van der Waals surface area (Å²) in [5.41, 5.74) is 0.0581. The molecule has 5 nitrogen and oxygen atoms in total. The number of amides is 2. The molecule has 2 N–H and O–H groups in total. The van der Waals surface area contributed by atoms with E-state index in [1.54, 1.807) is 0 Å². The number of rotatable bonds is 4. The number of hydrogen-bond acceptors (Lipinski definition) is 3. The number of carbonyl (C=O) groups is 1. The van der Waals surface area contributed by atoms with Gasteiger partial charge in [0.1, 0.15) is 0 Å². The van der Waals surface area contributed by atoms with Gasteiger partial charge in [-0.25, -0.2) is 4.79 Å². The Labute approximate surface area is 146 Å². The van der Waals surface area contributed by atoms with Crippen LogP contribution in [0, 0.1) is 5.92 Å². The fourth-order valence-electron chi connectivity index (χ4n) is 4.67. The Bertz CT molecular complexity index is 396. The van der Waals surface area contributed by atoms with Gasteiger partial charge in [0.05, 0.1) is 5.60 Å². The smallest absolute Gasteiger partial charge is 0.315 e. The van der Waals surface area contributed by atoms with Crippen molar-refractivity contribution in [2.45, 2.75) is 75.9 Å². The molecule has 1 atom stereocenters. The van der Waals surface area contributed by atoms with Crippen LogP contribution in [0.4, 0.5) is 4.79 Å². The second-order valence-electron chi connectivity index (χ2n) is 8.22. The minimum absolute atomic E-state index is 0.0146. The predicted molar refractivity (Wildman–Crippen MR) is 96.2 cm³/mol. The molecule has 5 heteroatoms. The third kappa shape index (κ3) is 5.09. The lowest BCUT2D eigenvalue weighted by molar-refractivity contribution is -0.107. The number of hydrogen-bond donors (Lipinski definition) is 2. The molecule has 24 heavy (non-hydrogen) atoms. The van der Waals surface area contributed by atoms with Crippen molar-refractivity contribution in [3.05, 3.63) is 0 Å². The molecule has 3 rings (SSSR count). The van der Waals surface area contributed by atoms with E-state index >= 15 is 0 Å². The zero-order valence-electron chi connectivity index (χ0n) is 15.3. The minimum Gasteiger partial charge on any atom is -0.375 e. The quantitative estimate of drug-likeness (QED) is 0.829. The van der Waals surface area contributed by atoms with Gasteiger partial charge >= 0.3 is 6.03 Å². The lowest BCUT2D eigenvalue weighted by Gasteiger charge is -2.43. The molecule has 138 valence electrons. The zero-order valence-corrected chi connectivity index (χ0v) is 15.3.